The van der Waals surface area contributed by atoms with Crippen LogP contribution in [0.15, 0.2) is 0 Å². The molecule has 4 nitrogen and oxygen atoms in total. The number of nitrogens with zero attached hydrogens (tertiary/aromatic N) is 1. The third kappa shape index (κ3) is 2.45. The Morgan fingerprint density at radius 3 is 2.79 bits per heavy atom. The van der Waals surface area contributed by atoms with Crippen LogP contribution in [0.1, 0.15) is 20.3 Å². The van der Waals surface area contributed by atoms with Gasteiger partial charge in [0.1, 0.15) is 0 Å². The van der Waals surface area contributed by atoms with Gasteiger partial charge >= 0.3 is 0 Å². The van der Waals surface area contributed by atoms with Crippen LogP contribution in [0.4, 0.5) is 0 Å². The van der Waals surface area contributed by atoms with E-state index < -0.39 is 0 Å². The van der Waals surface area contributed by atoms with Crippen molar-refractivity contribution < 1.29 is 9.90 Å². The standard InChI is InChI=1S/C10H20N2O2/c1-7-6-12(5-4-9(7)13)10(14)8(2)11-3/h7-9,11,13H,4-6H2,1-3H3/t7?,8-,9?/m0/s1. The zero-order chi connectivity index (χ0) is 10.7. The number of nitrogens with one attached hydrogen (secondary N) is 1. The minimum absolute atomic E-state index is 0.127. The van der Waals surface area contributed by atoms with Crippen LogP contribution in [0.3, 0.4) is 0 Å². The first-order valence-electron chi connectivity index (χ1n) is 5.20. The number of piperidine rings is 1. The van der Waals surface area contributed by atoms with Gasteiger partial charge in [-0.3, -0.25) is 4.79 Å². The maximum absolute atomic E-state index is 11.8. The Labute approximate surface area is 85.3 Å². The molecule has 1 amide bonds. The van der Waals surface area contributed by atoms with Gasteiger partial charge in [-0.1, -0.05) is 6.92 Å². The van der Waals surface area contributed by atoms with E-state index in [0.717, 1.165) is 0 Å². The first-order valence-corrected chi connectivity index (χ1v) is 5.20. The molecule has 1 heterocycles. The largest absolute Gasteiger partial charge is 0.393 e. The number of hydrogen-bond donors (Lipinski definition) is 2. The van der Waals surface area contributed by atoms with Crippen molar-refractivity contribution in [2.45, 2.75) is 32.4 Å². The average molecular weight is 200 g/mol. The molecule has 1 saturated heterocycles. The molecular formula is C10H20N2O2. The van der Waals surface area contributed by atoms with Crippen LogP contribution in [-0.4, -0.2) is 48.2 Å². The second kappa shape index (κ2) is 4.75. The second-order valence-corrected chi connectivity index (χ2v) is 4.13. The van der Waals surface area contributed by atoms with E-state index >= 15 is 0 Å². The average Bonchev–Trinajstić information content (AvgIpc) is 2.20. The first-order chi connectivity index (χ1) is 6.56. The molecule has 0 saturated carbocycles. The lowest BCUT2D eigenvalue weighted by Crippen LogP contribution is -2.50. The van der Waals surface area contributed by atoms with Crippen molar-refractivity contribution in [3.8, 4) is 0 Å². The molecule has 0 aromatic heterocycles. The Morgan fingerprint density at radius 2 is 2.29 bits per heavy atom. The van der Waals surface area contributed by atoms with Gasteiger partial charge in [-0.05, 0) is 26.3 Å². The molecule has 1 fully saturated rings. The number of hydrogen-bond acceptors (Lipinski definition) is 3. The van der Waals surface area contributed by atoms with Gasteiger partial charge in [0.05, 0.1) is 12.1 Å². The Kier molecular flexibility index (Phi) is 3.89. The van der Waals surface area contributed by atoms with E-state index in [4.69, 9.17) is 0 Å². The Morgan fingerprint density at radius 1 is 1.64 bits per heavy atom. The van der Waals surface area contributed by atoms with Gasteiger partial charge in [0, 0.05) is 13.1 Å². The molecule has 4 heteroatoms. The highest BCUT2D eigenvalue weighted by atomic mass is 16.3. The van der Waals surface area contributed by atoms with Crippen molar-refractivity contribution in [3.63, 3.8) is 0 Å². The SMILES string of the molecule is CN[C@@H](C)C(=O)N1CCC(O)C(C)C1. The number of likely N-dealkylation sites (N-methyl/N-ethyl adjacent to an activating group) is 1. The maximum atomic E-state index is 11.8. The molecule has 2 N–H and O–H groups in total. The van der Waals surface area contributed by atoms with Crippen molar-refractivity contribution >= 4 is 5.91 Å². The third-order valence-electron chi connectivity index (χ3n) is 2.98. The van der Waals surface area contributed by atoms with E-state index in [1.807, 2.05) is 18.7 Å². The molecule has 0 spiro atoms. The summed E-state index contributed by atoms with van der Waals surface area (Å²) in [5, 5.41) is 12.5. The van der Waals surface area contributed by atoms with E-state index in [2.05, 4.69) is 5.32 Å². The van der Waals surface area contributed by atoms with Crippen molar-refractivity contribution in [1.29, 1.82) is 0 Å². The maximum Gasteiger partial charge on any atom is 0.239 e. The van der Waals surface area contributed by atoms with Gasteiger partial charge < -0.3 is 15.3 Å². The minimum atomic E-state index is -0.246. The topological polar surface area (TPSA) is 52.6 Å². The molecule has 1 aliphatic heterocycles. The molecule has 3 atom stereocenters. The Bertz CT molecular complexity index is 208. The summed E-state index contributed by atoms with van der Waals surface area (Å²) >= 11 is 0. The van der Waals surface area contributed by atoms with Gasteiger partial charge in [0.25, 0.3) is 0 Å². The highest BCUT2D eigenvalue weighted by Crippen LogP contribution is 2.16. The molecule has 14 heavy (non-hydrogen) atoms. The van der Waals surface area contributed by atoms with E-state index in [0.29, 0.717) is 19.5 Å². The summed E-state index contributed by atoms with van der Waals surface area (Å²) in [6, 6.07) is -0.127. The third-order valence-corrected chi connectivity index (χ3v) is 2.98. The van der Waals surface area contributed by atoms with Crippen LogP contribution >= 0.6 is 0 Å². The lowest BCUT2D eigenvalue weighted by Gasteiger charge is -2.35. The Hall–Kier alpha value is -0.610. The van der Waals surface area contributed by atoms with E-state index in [9.17, 15) is 9.90 Å². The van der Waals surface area contributed by atoms with Crippen molar-refractivity contribution in [2.75, 3.05) is 20.1 Å². The molecule has 0 radical (unpaired) electrons. The minimum Gasteiger partial charge on any atom is -0.393 e. The van der Waals surface area contributed by atoms with Crippen molar-refractivity contribution in [3.05, 3.63) is 0 Å². The van der Waals surface area contributed by atoms with E-state index in [1.165, 1.54) is 0 Å². The van der Waals surface area contributed by atoms with Gasteiger partial charge in [-0.15, -0.1) is 0 Å². The monoisotopic (exact) mass is 200 g/mol. The molecule has 0 aliphatic carbocycles. The van der Waals surface area contributed by atoms with Crippen LogP contribution < -0.4 is 5.32 Å². The van der Waals surface area contributed by atoms with Gasteiger partial charge in [0.2, 0.25) is 5.91 Å². The number of likely N-dealkylation sites (tertiary alicyclic amines) is 1. The van der Waals surface area contributed by atoms with Crippen LogP contribution in [0.2, 0.25) is 0 Å². The number of amides is 1. The molecular weight excluding hydrogens is 180 g/mol. The summed E-state index contributed by atoms with van der Waals surface area (Å²) in [4.78, 5) is 13.6. The molecule has 1 rings (SSSR count). The van der Waals surface area contributed by atoms with Gasteiger partial charge in [0.15, 0.2) is 0 Å². The summed E-state index contributed by atoms with van der Waals surface area (Å²) in [6.45, 7) is 5.19. The smallest absolute Gasteiger partial charge is 0.239 e. The molecule has 1 aliphatic rings. The zero-order valence-electron chi connectivity index (χ0n) is 9.16. The number of aliphatic hydroxyl groups excluding tert-OH is 1. The van der Waals surface area contributed by atoms with Crippen LogP contribution in [0.5, 0.6) is 0 Å². The molecule has 0 aromatic carbocycles. The predicted octanol–water partition coefficient (Wildman–Crippen LogP) is -0.176. The Balaban J connectivity index is 2.50. The van der Waals surface area contributed by atoms with Gasteiger partial charge in [-0.25, -0.2) is 0 Å². The van der Waals surface area contributed by atoms with Crippen molar-refractivity contribution in [1.82, 2.24) is 10.2 Å². The quantitative estimate of drug-likeness (QED) is 0.650. The second-order valence-electron chi connectivity index (χ2n) is 4.13. The summed E-state index contributed by atoms with van der Waals surface area (Å²) in [7, 11) is 1.78. The molecule has 82 valence electrons. The highest BCUT2D eigenvalue weighted by Gasteiger charge is 2.28. The van der Waals surface area contributed by atoms with Crippen molar-refractivity contribution in [2.24, 2.45) is 5.92 Å². The number of aliphatic hydroxyl groups is 1. The fourth-order valence-electron chi connectivity index (χ4n) is 1.73. The lowest BCUT2D eigenvalue weighted by molar-refractivity contribution is -0.136. The zero-order valence-corrected chi connectivity index (χ0v) is 9.16. The summed E-state index contributed by atoms with van der Waals surface area (Å²) in [5.74, 6) is 0.322. The van der Waals surface area contributed by atoms with Gasteiger partial charge in [-0.2, -0.15) is 0 Å². The summed E-state index contributed by atoms with van der Waals surface area (Å²) < 4.78 is 0. The normalized spacial score (nSPS) is 30.1. The number of carbonyl (C=O) groups excluding carboxylic acids is 1. The van der Waals surface area contributed by atoms with Crippen LogP contribution in [-0.2, 0) is 4.79 Å². The van der Waals surface area contributed by atoms with E-state index in [1.54, 1.807) is 7.05 Å². The number of rotatable bonds is 2. The van der Waals surface area contributed by atoms with E-state index in [-0.39, 0.29) is 24.0 Å². The lowest BCUT2D eigenvalue weighted by atomic mass is 9.96. The summed E-state index contributed by atoms with van der Waals surface area (Å²) in [6.07, 6.45) is 0.451. The van der Waals surface area contributed by atoms with Crippen LogP contribution in [0, 0.1) is 5.92 Å². The molecule has 2 unspecified atom stereocenters. The van der Waals surface area contributed by atoms with Crippen LogP contribution in [0.25, 0.3) is 0 Å². The fraction of sp³-hybridized carbons (Fsp3) is 0.900. The summed E-state index contributed by atoms with van der Waals surface area (Å²) in [5.41, 5.74) is 0. The predicted molar refractivity (Wildman–Crippen MR) is 54.9 cm³/mol. The molecule has 0 aromatic rings. The first kappa shape index (κ1) is 11.5. The molecule has 0 bridgehead atoms. The number of carbonyl (C=O) groups is 1. The highest BCUT2D eigenvalue weighted by molar-refractivity contribution is 5.81. The fourth-order valence-corrected chi connectivity index (χ4v) is 1.73.